The largest absolute Gasteiger partial charge is 0.352 e. The molecule has 0 bridgehead atoms. The average molecular weight is 482 g/mol. The van der Waals surface area contributed by atoms with Gasteiger partial charge in [-0.15, -0.1) is 11.8 Å². The molecule has 4 rings (SSSR count). The van der Waals surface area contributed by atoms with Gasteiger partial charge in [0, 0.05) is 42.3 Å². The lowest BCUT2D eigenvalue weighted by Crippen LogP contribution is -2.39. The highest BCUT2D eigenvalue weighted by Crippen LogP contribution is 2.36. The molecule has 1 aromatic carbocycles. The van der Waals surface area contributed by atoms with Gasteiger partial charge in [-0.1, -0.05) is 6.92 Å². The average Bonchev–Trinajstić information content (AvgIpc) is 2.81. The predicted molar refractivity (Wildman–Crippen MR) is 139 cm³/mol. The van der Waals surface area contributed by atoms with E-state index >= 15 is 0 Å². The summed E-state index contributed by atoms with van der Waals surface area (Å²) >= 11 is 1.69. The van der Waals surface area contributed by atoms with E-state index in [9.17, 15) is 9.59 Å². The SMILES string of the molecule is Cc1cc(C)c2c(n1)SCCN2C(=O)Nc1ccc(C(=O)NCCCN2CCC[C@H](C)C2)cc1. The van der Waals surface area contributed by atoms with Crippen LogP contribution in [0.3, 0.4) is 0 Å². The molecule has 0 radical (unpaired) electrons. The number of pyridine rings is 1. The number of fused-ring (bicyclic) bond motifs is 1. The molecule has 2 aliphatic rings. The van der Waals surface area contributed by atoms with E-state index in [0.29, 0.717) is 24.3 Å². The maximum atomic E-state index is 13.0. The molecule has 2 aromatic rings. The van der Waals surface area contributed by atoms with Gasteiger partial charge in [0.05, 0.1) is 5.69 Å². The summed E-state index contributed by atoms with van der Waals surface area (Å²) in [4.78, 5) is 34.4. The Kier molecular flexibility index (Phi) is 8.11. The third kappa shape index (κ3) is 6.10. The fourth-order valence-electron chi connectivity index (χ4n) is 4.77. The molecule has 3 amide bonds. The second-order valence-corrected chi connectivity index (χ2v) is 10.5. The lowest BCUT2D eigenvalue weighted by atomic mass is 10.0. The molecule has 1 saturated heterocycles. The van der Waals surface area contributed by atoms with E-state index in [0.717, 1.165) is 46.6 Å². The summed E-state index contributed by atoms with van der Waals surface area (Å²) in [6.45, 7) is 11.0. The number of carbonyl (C=O) groups excluding carboxylic acids is 2. The van der Waals surface area contributed by atoms with Crippen molar-refractivity contribution in [2.24, 2.45) is 5.92 Å². The van der Waals surface area contributed by atoms with E-state index in [-0.39, 0.29) is 11.9 Å². The van der Waals surface area contributed by atoms with Gasteiger partial charge in [0.15, 0.2) is 0 Å². The zero-order chi connectivity index (χ0) is 24.1. The van der Waals surface area contributed by atoms with Crippen molar-refractivity contribution in [3.05, 3.63) is 47.2 Å². The molecule has 2 aliphatic heterocycles. The van der Waals surface area contributed by atoms with Crippen molar-refractivity contribution in [3.8, 4) is 0 Å². The molecule has 7 nitrogen and oxygen atoms in total. The Morgan fingerprint density at radius 1 is 1.18 bits per heavy atom. The number of aryl methyl sites for hydroxylation is 2. The molecule has 8 heteroatoms. The highest BCUT2D eigenvalue weighted by molar-refractivity contribution is 7.99. The normalized spacial score (nSPS) is 18.3. The van der Waals surface area contributed by atoms with Crippen molar-refractivity contribution in [1.29, 1.82) is 0 Å². The number of urea groups is 1. The molecule has 1 fully saturated rings. The van der Waals surface area contributed by atoms with Crippen LogP contribution in [-0.2, 0) is 0 Å². The van der Waals surface area contributed by atoms with Gasteiger partial charge >= 0.3 is 6.03 Å². The number of anilines is 2. The molecule has 182 valence electrons. The molecular formula is C26H35N5O2S. The Balaban J connectivity index is 1.28. The first kappa shape index (κ1) is 24.5. The van der Waals surface area contributed by atoms with Crippen LogP contribution in [0.5, 0.6) is 0 Å². The van der Waals surface area contributed by atoms with Crippen LogP contribution >= 0.6 is 11.8 Å². The smallest absolute Gasteiger partial charge is 0.326 e. The van der Waals surface area contributed by atoms with Crippen LogP contribution in [0.2, 0.25) is 0 Å². The monoisotopic (exact) mass is 481 g/mol. The number of nitrogens with zero attached hydrogens (tertiary/aromatic N) is 3. The van der Waals surface area contributed by atoms with Crippen molar-refractivity contribution in [2.75, 3.05) is 48.7 Å². The molecule has 1 aromatic heterocycles. The maximum absolute atomic E-state index is 13.0. The van der Waals surface area contributed by atoms with Gasteiger partial charge < -0.3 is 15.5 Å². The summed E-state index contributed by atoms with van der Waals surface area (Å²) in [5.74, 6) is 1.51. The van der Waals surface area contributed by atoms with E-state index < -0.39 is 0 Å². The van der Waals surface area contributed by atoms with Crippen molar-refractivity contribution < 1.29 is 9.59 Å². The Labute approximate surface area is 206 Å². The van der Waals surface area contributed by atoms with Gasteiger partial charge in [-0.05, 0) is 88.0 Å². The van der Waals surface area contributed by atoms with Gasteiger partial charge in [0.1, 0.15) is 5.03 Å². The number of piperidine rings is 1. The molecular weight excluding hydrogens is 446 g/mol. The van der Waals surface area contributed by atoms with Gasteiger partial charge in [-0.25, -0.2) is 9.78 Å². The number of aromatic nitrogens is 1. The van der Waals surface area contributed by atoms with Crippen LogP contribution in [0.1, 0.15) is 47.8 Å². The van der Waals surface area contributed by atoms with Gasteiger partial charge in [0.2, 0.25) is 0 Å². The summed E-state index contributed by atoms with van der Waals surface area (Å²) in [7, 11) is 0. The van der Waals surface area contributed by atoms with Crippen molar-refractivity contribution in [2.45, 2.75) is 45.1 Å². The van der Waals surface area contributed by atoms with Crippen molar-refractivity contribution in [3.63, 3.8) is 0 Å². The van der Waals surface area contributed by atoms with Crippen LogP contribution < -0.4 is 15.5 Å². The Morgan fingerprint density at radius 3 is 2.74 bits per heavy atom. The quantitative estimate of drug-likeness (QED) is 0.585. The highest BCUT2D eigenvalue weighted by atomic mass is 32.2. The number of thioether (sulfide) groups is 1. The number of nitrogens with one attached hydrogen (secondary N) is 2. The lowest BCUT2D eigenvalue weighted by molar-refractivity contribution is 0.0950. The number of carbonyl (C=O) groups is 2. The summed E-state index contributed by atoms with van der Waals surface area (Å²) < 4.78 is 0. The molecule has 3 heterocycles. The number of likely N-dealkylation sites (tertiary alicyclic amines) is 1. The van der Waals surface area contributed by atoms with Gasteiger partial charge in [-0.3, -0.25) is 9.69 Å². The first-order valence-electron chi connectivity index (χ1n) is 12.2. The fourth-order valence-corrected chi connectivity index (χ4v) is 5.85. The standard InChI is InChI=1S/C26H35N5O2S/c1-18-6-4-12-30(17-18)13-5-11-27-24(32)21-7-9-22(10-8-21)29-26(33)31-14-15-34-25-23(31)19(2)16-20(3)28-25/h7-10,16,18H,4-6,11-15,17H2,1-3H3,(H,27,32)(H,29,33)/t18-/m0/s1. The second-order valence-electron chi connectivity index (χ2n) is 9.40. The Morgan fingerprint density at radius 2 is 1.97 bits per heavy atom. The van der Waals surface area contributed by atoms with Crippen molar-refractivity contribution in [1.82, 2.24) is 15.2 Å². The highest BCUT2D eigenvalue weighted by Gasteiger charge is 2.26. The number of rotatable bonds is 6. The van der Waals surface area contributed by atoms with Crippen LogP contribution in [0.15, 0.2) is 35.4 Å². The molecule has 1 atom stereocenters. The molecule has 0 spiro atoms. The van der Waals surface area contributed by atoms with E-state index in [4.69, 9.17) is 0 Å². The summed E-state index contributed by atoms with van der Waals surface area (Å²) in [5.41, 5.74) is 4.15. The summed E-state index contributed by atoms with van der Waals surface area (Å²) in [5, 5.41) is 6.88. The first-order valence-corrected chi connectivity index (χ1v) is 13.2. The van der Waals surface area contributed by atoms with Crippen LogP contribution in [0.4, 0.5) is 16.2 Å². The minimum absolute atomic E-state index is 0.0797. The molecule has 0 unspecified atom stereocenters. The summed E-state index contributed by atoms with van der Waals surface area (Å²) in [6.07, 6.45) is 3.55. The van der Waals surface area contributed by atoms with Crippen molar-refractivity contribution >= 4 is 35.1 Å². The first-order chi connectivity index (χ1) is 16.4. The predicted octanol–water partition coefficient (Wildman–Crippen LogP) is 4.69. The number of benzene rings is 1. The van der Waals surface area contributed by atoms with Crippen LogP contribution in [0.25, 0.3) is 0 Å². The third-order valence-electron chi connectivity index (χ3n) is 6.42. The lowest BCUT2D eigenvalue weighted by Gasteiger charge is -2.30. The second kappa shape index (κ2) is 11.2. The van der Waals surface area contributed by atoms with Crippen LogP contribution in [0, 0.1) is 19.8 Å². The number of amides is 3. The molecule has 2 N–H and O–H groups in total. The van der Waals surface area contributed by atoms with Crippen LogP contribution in [-0.4, -0.2) is 60.3 Å². The van der Waals surface area contributed by atoms with E-state index in [1.165, 1.54) is 25.9 Å². The van der Waals surface area contributed by atoms with E-state index in [1.807, 2.05) is 19.9 Å². The van der Waals surface area contributed by atoms with E-state index in [2.05, 4.69) is 27.4 Å². The number of hydrogen-bond acceptors (Lipinski definition) is 5. The Hall–Kier alpha value is -2.58. The summed E-state index contributed by atoms with van der Waals surface area (Å²) in [6, 6.07) is 8.90. The zero-order valence-corrected chi connectivity index (χ0v) is 21.2. The molecule has 0 aliphatic carbocycles. The topological polar surface area (TPSA) is 77.6 Å². The zero-order valence-electron chi connectivity index (χ0n) is 20.4. The minimum atomic E-state index is -0.181. The van der Waals surface area contributed by atoms with Gasteiger partial charge in [-0.2, -0.15) is 0 Å². The number of hydrogen-bond donors (Lipinski definition) is 2. The fraction of sp³-hybridized carbons (Fsp3) is 0.500. The third-order valence-corrected chi connectivity index (χ3v) is 7.37. The Bertz CT molecular complexity index is 1030. The molecule has 34 heavy (non-hydrogen) atoms. The maximum Gasteiger partial charge on any atom is 0.326 e. The minimum Gasteiger partial charge on any atom is -0.352 e. The van der Waals surface area contributed by atoms with E-state index in [1.54, 1.807) is 40.9 Å². The molecule has 0 saturated carbocycles. The van der Waals surface area contributed by atoms with Gasteiger partial charge in [0.25, 0.3) is 5.91 Å².